The largest absolute Gasteiger partial charge is 0.490 e. The van der Waals surface area contributed by atoms with Gasteiger partial charge in [-0.05, 0) is 38.5 Å². The fourth-order valence-corrected chi connectivity index (χ4v) is 1.84. The molecule has 0 heterocycles. The summed E-state index contributed by atoms with van der Waals surface area (Å²) in [4.78, 5) is 8.90. The van der Waals surface area contributed by atoms with E-state index in [1.54, 1.807) is 0 Å². The van der Waals surface area contributed by atoms with Crippen molar-refractivity contribution in [1.29, 1.82) is 0 Å². The molecule has 5 nitrogen and oxygen atoms in total. The molecule has 5 N–H and O–H groups in total. The van der Waals surface area contributed by atoms with Crippen molar-refractivity contribution in [2.75, 3.05) is 6.61 Å². The highest BCUT2D eigenvalue weighted by molar-refractivity contribution is 5.73. The van der Waals surface area contributed by atoms with Crippen LogP contribution < -0.4 is 5.73 Å². The van der Waals surface area contributed by atoms with Gasteiger partial charge in [0.25, 0.3) is 0 Å². The lowest BCUT2D eigenvalue weighted by Gasteiger charge is -2.35. The van der Waals surface area contributed by atoms with Crippen molar-refractivity contribution in [2.45, 2.75) is 50.4 Å². The Hall–Kier alpha value is -0.860. The summed E-state index contributed by atoms with van der Waals surface area (Å²) in [5, 5.41) is 25.6. The number of carbonyl (C=O) groups is 1. The molecule has 0 aromatic carbocycles. The van der Waals surface area contributed by atoms with Crippen LogP contribution in [0.3, 0.4) is 0 Å². The average molecular weight is 287 g/mol. The van der Waals surface area contributed by atoms with E-state index < -0.39 is 17.7 Å². The average Bonchev–Trinajstić information content (AvgIpc) is 2.27. The van der Waals surface area contributed by atoms with Crippen LogP contribution in [0.5, 0.6) is 0 Å². The van der Waals surface area contributed by atoms with Gasteiger partial charge in [-0.3, -0.25) is 0 Å². The van der Waals surface area contributed by atoms with Crippen molar-refractivity contribution in [1.82, 2.24) is 0 Å². The molecule has 0 aromatic rings. The van der Waals surface area contributed by atoms with E-state index in [1.165, 1.54) is 0 Å². The van der Waals surface area contributed by atoms with Gasteiger partial charge in [0.05, 0.1) is 12.2 Å². The van der Waals surface area contributed by atoms with Crippen LogP contribution in [-0.2, 0) is 4.79 Å². The molecule has 0 aromatic heterocycles. The molecule has 1 saturated carbocycles. The Morgan fingerprint density at radius 2 is 1.79 bits per heavy atom. The van der Waals surface area contributed by atoms with E-state index in [1.807, 2.05) is 6.92 Å². The molecule has 1 rings (SSSR count). The van der Waals surface area contributed by atoms with Gasteiger partial charge in [0.15, 0.2) is 0 Å². The van der Waals surface area contributed by atoms with E-state index in [2.05, 4.69) is 0 Å². The molecular formula is C11H20F3NO4. The molecule has 1 atom stereocenters. The summed E-state index contributed by atoms with van der Waals surface area (Å²) in [5.41, 5.74) is 5.21. The summed E-state index contributed by atoms with van der Waals surface area (Å²) < 4.78 is 31.7. The zero-order valence-corrected chi connectivity index (χ0v) is 10.7. The second-order valence-electron chi connectivity index (χ2n) is 4.98. The number of aliphatic hydroxyl groups excluding tert-OH is 1. The van der Waals surface area contributed by atoms with Gasteiger partial charge >= 0.3 is 12.1 Å². The first-order valence-corrected chi connectivity index (χ1v) is 5.88. The molecule has 0 saturated heterocycles. The quantitative estimate of drug-likeness (QED) is 0.603. The number of rotatable bonds is 2. The first-order chi connectivity index (χ1) is 8.49. The summed E-state index contributed by atoms with van der Waals surface area (Å²) >= 11 is 0. The van der Waals surface area contributed by atoms with Crippen molar-refractivity contribution >= 4 is 5.97 Å². The minimum absolute atomic E-state index is 0.0623. The SMILES string of the molecule is CC1(O)CCC([C@@H](N)CO)CC1.O=C(O)C(F)(F)F. The maximum Gasteiger partial charge on any atom is 0.490 e. The Bertz CT molecular complexity index is 284. The number of aliphatic carboxylic acids is 1. The zero-order chi connectivity index (χ0) is 15.3. The molecule has 1 aliphatic carbocycles. The minimum atomic E-state index is -5.08. The smallest absolute Gasteiger partial charge is 0.475 e. The lowest BCUT2D eigenvalue weighted by Crippen LogP contribution is -2.40. The number of carboxylic acids is 1. The van der Waals surface area contributed by atoms with Crippen molar-refractivity contribution in [3.05, 3.63) is 0 Å². The third-order valence-corrected chi connectivity index (χ3v) is 3.17. The van der Waals surface area contributed by atoms with E-state index >= 15 is 0 Å². The molecule has 19 heavy (non-hydrogen) atoms. The van der Waals surface area contributed by atoms with E-state index in [4.69, 9.17) is 20.7 Å². The number of halogens is 3. The molecular weight excluding hydrogens is 267 g/mol. The topological polar surface area (TPSA) is 104 Å². The first kappa shape index (κ1) is 18.1. The lowest BCUT2D eigenvalue weighted by molar-refractivity contribution is -0.192. The predicted molar refractivity (Wildman–Crippen MR) is 61.3 cm³/mol. The molecule has 0 spiro atoms. The Morgan fingerprint density at radius 3 is 2.05 bits per heavy atom. The monoisotopic (exact) mass is 287 g/mol. The van der Waals surface area contributed by atoms with Crippen molar-refractivity contribution < 1.29 is 33.3 Å². The van der Waals surface area contributed by atoms with Crippen LogP contribution in [0.4, 0.5) is 13.2 Å². The zero-order valence-electron chi connectivity index (χ0n) is 10.7. The molecule has 1 fully saturated rings. The van der Waals surface area contributed by atoms with Crippen LogP contribution in [-0.4, -0.2) is 45.7 Å². The van der Waals surface area contributed by atoms with Gasteiger partial charge in [-0.2, -0.15) is 13.2 Å². The number of hydrogen-bond acceptors (Lipinski definition) is 4. The fraction of sp³-hybridized carbons (Fsp3) is 0.909. The van der Waals surface area contributed by atoms with Crippen molar-refractivity contribution in [2.24, 2.45) is 11.7 Å². The van der Waals surface area contributed by atoms with Crippen LogP contribution in [0.25, 0.3) is 0 Å². The van der Waals surface area contributed by atoms with E-state index in [9.17, 15) is 18.3 Å². The summed E-state index contributed by atoms with van der Waals surface area (Å²) in [6.07, 6.45) is -1.58. The molecule has 114 valence electrons. The second kappa shape index (κ2) is 7.06. The molecule has 0 bridgehead atoms. The summed E-state index contributed by atoms with van der Waals surface area (Å²) in [6.45, 7) is 1.93. The third-order valence-electron chi connectivity index (χ3n) is 3.17. The Labute approximate surface area is 109 Å². The maximum atomic E-state index is 10.6. The second-order valence-corrected chi connectivity index (χ2v) is 4.98. The third kappa shape index (κ3) is 7.34. The number of alkyl halides is 3. The lowest BCUT2D eigenvalue weighted by atomic mass is 9.77. The van der Waals surface area contributed by atoms with Crippen molar-refractivity contribution in [3.63, 3.8) is 0 Å². The highest BCUT2D eigenvalue weighted by Crippen LogP contribution is 2.32. The molecule has 0 amide bonds. The number of hydrogen-bond donors (Lipinski definition) is 4. The molecule has 0 unspecified atom stereocenters. The summed E-state index contributed by atoms with van der Waals surface area (Å²) in [7, 11) is 0. The summed E-state index contributed by atoms with van der Waals surface area (Å²) in [6, 6.07) is -0.0962. The molecule has 0 aliphatic heterocycles. The number of carboxylic acid groups (broad SMARTS) is 1. The van der Waals surface area contributed by atoms with Crippen LogP contribution in [0.1, 0.15) is 32.6 Å². The van der Waals surface area contributed by atoms with E-state index in [0.717, 1.165) is 25.7 Å². The van der Waals surface area contributed by atoms with Gasteiger partial charge in [-0.15, -0.1) is 0 Å². The molecule has 1 aliphatic rings. The molecule has 8 heteroatoms. The highest BCUT2D eigenvalue weighted by Gasteiger charge is 2.38. The maximum absolute atomic E-state index is 10.6. The van der Waals surface area contributed by atoms with E-state index in [0.29, 0.717) is 5.92 Å². The first-order valence-electron chi connectivity index (χ1n) is 5.88. The summed E-state index contributed by atoms with van der Waals surface area (Å²) in [5.74, 6) is -2.36. The van der Waals surface area contributed by atoms with Crippen LogP contribution in [0, 0.1) is 5.92 Å². The van der Waals surface area contributed by atoms with Crippen LogP contribution in [0.2, 0.25) is 0 Å². The van der Waals surface area contributed by atoms with E-state index in [-0.39, 0.29) is 12.6 Å². The Morgan fingerprint density at radius 1 is 1.42 bits per heavy atom. The number of nitrogens with two attached hydrogens (primary N) is 1. The normalized spacial score (nSPS) is 29.1. The standard InChI is InChI=1S/C9H19NO2.C2HF3O2/c1-9(12)4-2-7(3-5-9)8(10)6-11;3-2(4,5)1(6)7/h7-8,11-12H,2-6,10H2,1H3;(H,6,7)/t7?,8-,9?;/m0./s1. The minimum Gasteiger partial charge on any atom is -0.475 e. The predicted octanol–water partition coefficient (Wildman–Crippen LogP) is 0.880. The van der Waals surface area contributed by atoms with Gasteiger partial charge in [0.2, 0.25) is 0 Å². The Balaban J connectivity index is 0.000000399. The van der Waals surface area contributed by atoms with Gasteiger partial charge < -0.3 is 21.1 Å². The van der Waals surface area contributed by atoms with Crippen LogP contribution >= 0.6 is 0 Å². The van der Waals surface area contributed by atoms with Gasteiger partial charge in [-0.1, -0.05) is 0 Å². The number of aliphatic hydroxyl groups is 2. The van der Waals surface area contributed by atoms with Crippen molar-refractivity contribution in [3.8, 4) is 0 Å². The van der Waals surface area contributed by atoms with Crippen LogP contribution in [0.15, 0.2) is 0 Å². The molecule has 0 radical (unpaired) electrons. The van der Waals surface area contributed by atoms with Gasteiger partial charge in [0.1, 0.15) is 0 Å². The highest BCUT2D eigenvalue weighted by atomic mass is 19.4. The fourth-order valence-electron chi connectivity index (χ4n) is 1.84. The van der Waals surface area contributed by atoms with Gasteiger partial charge in [0, 0.05) is 6.04 Å². The Kier molecular flexibility index (Phi) is 6.74. The van der Waals surface area contributed by atoms with Gasteiger partial charge in [-0.25, -0.2) is 4.79 Å².